The van der Waals surface area contributed by atoms with Gasteiger partial charge in [-0.25, -0.2) is 0 Å². The first-order valence-corrected chi connectivity index (χ1v) is 11.2. The number of amides is 1. The quantitative estimate of drug-likeness (QED) is 0.349. The van der Waals surface area contributed by atoms with E-state index in [4.69, 9.17) is 31.2 Å². The van der Waals surface area contributed by atoms with Crippen LogP contribution in [0.3, 0.4) is 0 Å². The van der Waals surface area contributed by atoms with Crippen molar-refractivity contribution < 1.29 is 23.7 Å². The third-order valence-electron chi connectivity index (χ3n) is 5.37. The minimum atomic E-state index is -0.230. The van der Waals surface area contributed by atoms with Crippen LogP contribution < -0.4 is 24.3 Å². The van der Waals surface area contributed by atoms with E-state index in [2.05, 4.69) is 15.5 Å². The summed E-state index contributed by atoms with van der Waals surface area (Å²) in [5.41, 5.74) is 2.37. The Kier molecular flexibility index (Phi) is 6.36. The Morgan fingerprint density at radius 3 is 2.71 bits per heavy atom. The largest absolute Gasteiger partial charge is 0.497 e. The number of hydrogen-bond acceptors (Lipinski definition) is 7. The highest BCUT2D eigenvalue weighted by atomic mass is 32.1. The minimum absolute atomic E-state index is 0.00855. The molecule has 0 radical (unpaired) electrons. The molecule has 3 aromatic carbocycles. The Bertz CT molecular complexity index is 1410. The van der Waals surface area contributed by atoms with Crippen molar-refractivity contribution in [3.05, 3.63) is 77.1 Å². The lowest BCUT2D eigenvalue weighted by Gasteiger charge is -2.11. The average Bonchev–Trinajstić information content (AvgIpc) is 3.49. The van der Waals surface area contributed by atoms with Crippen LogP contribution in [0.4, 0.5) is 5.69 Å². The first-order valence-electron chi connectivity index (χ1n) is 10.8. The zero-order valence-corrected chi connectivity index (χ0v) is 19.6. The van der Waals surface area contributed by atoms with Crippen molar-refractivity contribution in [2.45, 2.75) is 13.2 Å². The van der Waals surface area contributed by atoms with Crippen LogP contribution in [0.5, 0.6) is 23.0 Å². The van der Waals surface area contributed by atoms with E-state index in [1.54, 1.807) is 17.7 Å². The maximum Gasteiger partial charge on any atom is 0.244 e. The molecule has 35 heavy (non-hydrogen) atoms. The predicted octanol–water partition coefficient (Wildman–Crippen LogP) is 4.56. The molecule has 4 aromatic rings. The first-order chi connectivity index (χ1) is 17.1. The molecule has 2 heterocycles. The van der Waals surface area contributed by atoms with Crippen LogP contribution in [0.1, 0.15) is 5.56 Å². The van der Waals surface area contributed by atoms with Gasteiger partial charge in [-0.2, -0.15) is 5.10 Å². The molecule has 1 aliphatic heterocycles. The van der Waals surface area contributed by atoms with Crippen molar-refractivity contribution in [3.63, 3.8) is 0 Å². The molecular weight excluding hydrogens is 468 g/mol. The predicted molar refractivity (Wildman–Crippen MR) is 131 cm³/mol. The third kappa shape index (κ3) is 5.12. The molecule has 0 saturated heterocycles. The summed E-state index contributed by atoms with van der Waals surface area (Å²) in [7, 11) is 1.61. The summed E-state index contributed by atoms with van der Waals surface area (Å²) in [4.78, 5) is 12.8. The van der Waals surface area contributed by atoms with Crippen LogP contribution in [0.25, 0.3) is 11.4 Å². The van der Waals surface area contributed by atoms with E-state index < -0.39 is 0 Å². The molecule has 0 atom stereocenters. The minimum Gasteiger partial charge on any atom is -0.497 e. The highest BCUT2D eigenvalue weighted by Crippen LogP contribution is 2.35. The van der Waals surface area contributed by atoms with E-state index in [1.807, 2.05) is 60.7 Å². The van der Waals surface area contributed by atoms with Gasteiger partial charge in [-0.05, 0) is 66.3 Å². The number of rotatable bonds is 8. The van der Waals surface area contributed by atoms with Crippen LogP contribution in [0, 0.1) is 4.77 Å². The second-order valence-electron chi connectivity index (χ2n) is 7.72. The Labute approximate surface area is 206 Å². The number of nitrogens with zero attached hydrogens (tertiary/aromatic N) is 2. The lowest BCUT2D eigenvalue weighted by atomic mass is 10.2. The molecule has 1 aromatic heterocycles. The van der Waals surface area contributed by atoms with Gasteiger partial charge in [0.05, 0.1) is 7.11 Å². The smallest absolute Gasteiger partial charge is 0.244 e. The number of anilines is 1. The zero-order valence-electron chi connectivity index (χ0n) is 18.8. The van der Waals surface area contributed by atoms with Crippen LogP contribution in [-0.4, -0.2) is 34.6 Å². The number of nitrogens with one attached hydrogen (secondary N) is 2. The fraction of sp³-hybridized carbons (Fsp3) is 0.160. The number of benzene rings is 3. The summed E-state index contributed by atoms with van der Waals surface area (Å²) < 4.78 is 23.8. The van der Waals surface area contributed by atoms with E-state index in [-0.39, 0.29) is 19.2 Å². The van der Waals surface area contributed by atoms with Gasteiger partial charge in [0.2, 0.25) is 12.7 Å². The molecule has 0 spiro atoms. The van der Waals surface area contributed by atoms with E-state index in [0.29, 0.717) is 40.1 Å². The molecule has 0 aliphatic carbocycles. The number of aromatic nitrogens is 3. The third-order valence-corrected chi connectivity index (χ3v) is 5.68. The van der Waals surface area contributed by atoms with E-state index in [1.165, 1.54) is 0 Å². The molecule has 0 fully saturated rings. The van der Waals surface area contributed by atoms with Gasteiger partial charge in [-0.1, -0.05) is 12.1 Å². The van der Waals surface area contributed by atoms with Crippen molar-refractivity contribution in [2.75, 3.05) is 19.2 Å². The SMILES string of the molecule is COc1ccc(-c2n[nH]c(=S)n2CC(=O)Nc2cccc(COc3ccc4c(c3)OCO4)c2)cc1. The van der Waals surface area contributed by atoms with Gasteiger partial charge >= 0.3 is 0 Å². The van der Waals surface area contributed by atoms with E-state index in [0.717, 1.165) is 16.9 Å². The molecule has 9 nitrogen and oxygen atoms in total. The molecule has 0 bridgehead atoms. The summed E-state index contributed by atoms with van der Waals surface area (Å²) in [5.74, 6) is 3.11. The van der Waals surface area contributed by atoms with Gasteiger partial charge in [0, 0.05) is 17.3 Å². The summed E-state index contributed by atoms with van der Waals surface area (Å²) in [6, 6.07) is 20.3. The maximum absolute atomic E-state index is 12.8. The Hall–Kier alpha value is -4.31. The van der Waals surface area contributed by atoms with Gasteiger partial charge in [0.25, 0.3) is 0 Å². The zero-order chi connectivity index (χ0) is 24.2. The fourth-order valence-electron chi connectivity index (χ4n) is 3.64. The standard InChI is InChI=1S/C25H22N4O5S/c1-31-19-7-5-17(6-8-19)24-27-28-25(35)29(24)13-23(30)26-18-4-2-3-16(11-18)14-32-20-9-10-21-22(12-20)34-15-33-21/h2-12H,13-15H2,1H3,(H,26,30)(H,28,35). The van der Waals surface area contributed by atoms with Gasteiger partial charge < -0.3 is 24.3 Å². The highest BCUT2D eigenvalue weighted by Gasteiger charge is 2.15. The van der Waals surface area contributed by atoms with Crippen LogP contribution in [0.15, 0.2) is 66.7 Å². The van der Waals surface area contributed by atoms with Crippen LogP contribution in [0.2, 0.25) is 0 Å². The number of ether oxygens (including phenoxy) is 4. The summed E-state index contributed by atoms with van der Waals surface area (Å²) >= 11 is 5.34. The molecule has 1 aliphatic rings. The number of carbonyl (C=O) groups excluding carboxylic acids is 1. The second kappa shape index (κ2) is 9.90. The highest BCUT2D eigenvalue weighted by molar-refractivity contribution is 7.71. The number of fused-ring (bicyclic) bond motifs is 1. The topological polar surface area (TPSA) is 99.6 Å². The lowest BCUT2D eigenvalue weighted by molar-refractivity contribution is -0.116. The number of hydrogen-bond donors (Lipinski definition) is 2. The molecule has 0 unspecified atom stereocenters. The van der Waals surface area contributed by atoms with Crippen LogP contribution >= 0.6 is 12.2 Å². The molecule has 2 N–H and O–H groups in total. The number of methoxy groups -OCH3 is 1. The number of H-pyrrole nitrogens is 1. The molecule has 10 heteroatoms. The van der Waals surface area contributed by atoms with Crippen molar-refractivity contribution in [3.8, 4) is 34.4 Å². The van der Waals surface area contributed by atoms with E-state index in [9.17, 15) is 4.79 Å². The molecular formula is C25H22N4O5S. The number of carbonyl (C=O) groups is 1. The molecule has 178 valence electrons. The summed E-state index contributed by atoms with van der Waals surface area (Å²) in [5, 5.41) is 9.96. The monoisotopic (exact) mass is 490 g/mol. The van der Waals surface area contributed by atoms with Crippen LogP contribution in [-0.2, 0) is 17.9 Å². The lowest BCUT2D eigenvalue weighted by Crippen LogP contribution is -2.19. The van der Waals surface area contributed by atoms with E-state index >= 15 is 0 Å². The number of aromatic amines is 1. The van der Waals surface area contributed by atoms with Crippen molar-refractivity contribution >= 4 is 23.8 Å². The summed E-state index contributed by atoms with van der Waals surface area (Å²) in [6.07, 6.45) is 0. The second-order valence-corrected chi connectivity index (χ2v) is 8.11. The molecule has 0 saturated carbocycles. The molecule has 1 amide bonds. The van der Waals surface area contributed by atoms with Gasteiger partial charge in [-0.15, -0.1) is 0 Å². The summed E-state index contributed by atoms with van der Waals surface area (Å²) in [6.45, 7) is 0.554. The normalized spacial score (nSPS) is 11.8. The van der Waals surface area contributed by atoms with Gasteiger partial charge in [0.1, 0.15) is 24.7 Å². The maximum atomic E-state index is 12.8. The van der Waals surface area contributed by atoms with Crippen molar-refractivity contribution in [1.29, 1.82) is 0 Å². The molecule has 5 rings (SSSR count). The fourth-order valence-corrected chi connectivity index (χ4v) is 3.84. The first kappa shape index (κ1) is 22.5. The Morgan fingerprint density at radius 1 is 1.09 bits per heavy atom. The Balaban J connectivity index is 1.23. The van der Waals surface area contributed by atoms with Crippen molar-refractivity contribution in [1.82, 2.24) is 14.8 Å². The van der Waals surface area contributed by atoms with Gasteiger partial charge in [-0.3, -0.25) is 14.5 Å². The van der Waals surface area contributed by atoms with Crippen molar-refractivity contribution in [2.24, 2.45) is 0 Å². The Morgan fingerprint density at radius 2 is 1.89 bits per heavy atom. The van der Waals surface area contributed by atoms with Gasteiger partial charge in [0.15, 0.2) is 22.1 Å². The average molecular weight is 491 g/mol.